The fraction of sp³-hybridized carbons (Fsp3) is 0.462. The van der Waals surface area contributed by atoms with Crippen LogP contribution < -0.4 is 14.2 Å². The SMILES string of the molecule is CCN(C(=O)CN1CC(c2ccc3c(c2)OCO3)C(C(=O)O)C1c1ccc(OC)cc1)C(C)C. The number of carbonyl (C=O) groups is 2. The number of carboxylic acid groups (broad SMARTS) is 1. The topological polar surface area (TPSA) is 88.5 Å². The third-order valence-corrected chi connectivity index (χ3v) is 6.79. The highest BCUT2D eigenvalue weighted by atomic mass is 16.7. The summed E-state index contributed by atoms with van der Waals surface area (Å²) >= 11 is 0. The Kier molecular flexibility index (Phi) is 6.97. The van der Waals surface area contributed by atoms with E-state index in [4.69, 9.17) is 14.2 Å². The van der Waals surface area contributed by atoms with Crippen LogP contribution in [-0.2, 0) is 9.59 Å². The van der Waals surface area contributed by atoms with Crippen LogP contribution in [0.25, 0.3) is 0 Å². The molecule has 8 heteroatoms. The molecule has 4 rings (SSSR count). The number of fused-ring (bicyclic) bond motifs is 1. The van der Waals surface area contributed by atoms with E-state index in [1.807, 2.05) is 73.0 Å². The van der Waals surface area contributed by atoms with Crippen LogP contribution in [0.2, 0.25) is 0 Å². The molecule has 2 aromatic rings. The zero-order chi connectivity index (χ0) is 24.4. The Morgan fingerprint density at radius 2 is 1.79 bits per heavy atom. The number of benzene rings is 2. The van der Waals surface area contributed by atoms with E-state index in [1.165, 1.54) is 0 Å². The van der Waals surface area contributed by atoms with Crippen molar-refractivity contribution in [2.75, 3.05) is 33.5 Å². The van der Waals surface area contributed by atoms with Gasteiger partial charge in [-0.05, 0) is 56.2 Å². The predicted octanol–water partition coefficient (Wildman–Crippen LogP) is 3.52. The van der Waals surface area contributed by atoms with Crippen molar-refractivity contribution in [3.8, 4) is 17.2 Å². The van der Waals surface area contributed by atoms with Gasteiger partial charge in [-0.15, -0.1) is 0 Å². The maximum absolute atomic E-state index is 13.2. The van der Waals surface area contributed by atoms with Gasteiger partial charge < -0.3 is 24.2 Å². The number of rotatable bonds is 8. The minimum Gasteiger partial charge on any atom is -0.497 e. The maximum Gasteiger partial charge on any atom is 0.309 e. The van der Waals surface area contributed by atoms with Gasteiger partial charge >= 0.3 is 5.97 Å². The highest BCUT2D eigenvalue weighted by Crippen LogP contribution is 2.47. The summed E-state index contributed by atoms with van der Waals surface area (Å²) in [6.07, 6.45) is 0. The smallest absolute Gasteiger partial charge is 0.309 e. The molecule has 1 amide bonds. The number of hydrogen-bond donors (Lipinski definition) is 1. The molecule has 34 heavy (non-hydrogen) atoms. The van der Waals surface area contributed by atoms with Gasteiger partial charge in [-0.3, -0.25) is 14.5 Å². The average Bonchev–Trinajstić information content (AvgIpc) is 3.43. The van der Waals surface area contributed by atoms with Gasteiger partial charge in [0.05, 0.1) is 19.6 Å². The second kappa shape index (κ2) is 9.93. The normalized spacial score (nSPS) is 21.6. The molecule has 0 radical (unpaired) electrons. The minimum absolute atomic E-state index is 0.00788. The molecule has 3 unspecified atom stereocenters. The molecule has 2 aliphatic heterocycles. The van der Waals surface area contributed by atoms with Gasteiger partial charge in [0.2, 0.25) is 12.7 Å². The van der Waals surface area contributed by atoms with Crippen molar-refractivity contribution in [3.05, 3.63) is 53.6 Å². The van der Waals surface area contributed by atoms with Crippen molar-refractivity contribution in [1.29, 1.82) is 0 Å². The van der Waals surface area contributed by atoms with Crippen molar-refractivity contribution in [2.45, 2.75) is 38.8 Å². The fourth-order valence-electron chi connectivity index (χ4n) is 5.17. The first-order valence-corrected chi connectivity index (χ1v) is 11.6. The number of methoxy groups -OCH3 is 1. The van der Waals surface area contributed by atoms with E-state index in [0.717, 1.165) is 11.1 Å². The van der Waals surface area contributed by atoms with Crippen molar-refractivity contribution in [3.63, 3.8) is 0 Å². The maximum atomic E-state index is 13.2. The number of likely N-dealkylation sites (N-methyl/N-ethyl adjacent to an activating group) is 1. The summed E-state index contributed by atoms with van der Waals surface area (Å²) in [5.74, 6) is 0.00962. The summed E-state index contributed by atoms with van der Waals surface area (Å²) in [5.41, 5.74) is 1.71. The highest BCUT2D eigenvalue weighted by molar-refractivity contribution is 5.79. The van der Waals surface area contributed by atoms with Gasteiger partial charge in [-0.2, -0.15) is 0 Å². The summed E-state index contributed by atoms with van der Waals surface area (Å²) in [5, 5.41) is 10.4. The second-order valence-corrected chi connectivity index (χ2v) is 9.00. The van der Waals surface area contributed by atoms with Gasteiger partial charge in [0.15, 0.2) is 11.5 Å². The minimum atomic E-state index is -0.894. The summed E-state index contributed by atoms with van der Waals surface area (Å²) in [4.78, 5) is 29.7. The molecule has 3 atom stereocenters. The lowest BCUT2D eigenvalue weighted by molar-refractivity contribution is -0.144. The first-order valence-electron chi connectivity index (χ1n) is 11.6. The summed E-state index contributed by atoms with van der Waals surface area (Å²) in [7, 11) is 1.59. The molecule has 182 valence electrons. The van der Waals surface area contributed by atoms with Crippen LogP contribution in [0.3, 0.4) is 0 Å². The predicted molar refractivity (Wildman–Crippen MR) is 126 cm³/mol. The van der Waals surface area contributed by atoms with E-state index in [9.17, 15) is 14.7 Å². The molecular weight excluding hydrogens is 436 g/mol. The van der Waals surface area contributed by atoms with E-state index in [-0.39, 0.29) is 31.2 Å². The molecule has 2 aromatic carbocycles. The molecule has 0 spiro atoms. The number of ether oxygens (including phenoxy) is 3. The molecule has 0 aromatic heterocycles. The first-order chi connectivity index (χ1) is 16.3. The van der Waals surface area contributed by atoms with Crippen LogP contribution in [0.5, 0.6) is 17.2 Å². The molecule has 1 N–H and O–H groups in total. The zero-order valence-corrected chi connectivity index (χ0v) is 20.1. The largest absolute Gasteiger partial charge is 0.497 e. The lowest BCUT2D eigenvalue weighted by atomic mass is 9.82. The van der Waals surface area contributed by atoms with Crippen LogP contribution in [0.1, 0.15) is 43.9 Å². The molecule has 1 saturated heterocycles. The van der Waals surface area contributed by atoms with E-state index < -0.39 is 17.9 Å². The number of amides is 1. The van der Waals surface area contributed by atoms with Gasteiger partial charge in [0, 0.05) is 31.1 Å². The number of likely N-dealkylation sites (tertiary alicyclic amines) is 1. The monoisotopic (exact) mass is 468 g/mol. The van der Waals surface area contributed by atoms with Crippen LogP contribution in [-0.4, -0.2) is 66.4 Å². The van der Waals surface area contributed by atoms with Crippen molar-refractivity contribution in [1.82, 2.24) is 9.80 Å². The molecule has 1 fully saturated rings. The standard InChI is InChI=1S/C26H32N2O6/c1-5-28(16(2)3)23(29)14-27-13-20(18-8-11-21-22(12-18)34-15-33-21)24(26(30)31)25(27)17-6-9-19(32-4)10-7-17/h6-12,16,20,24-25H,5,13-15H2,1-4H3,(H,30,31). The van der Waals surface area contributed by atoms with E-state index in [2.05, 4.69) is 0 Å². The number of aliphatic carboxylic acids is 1. The summed E-state index contributed by atoms with van der Waals surface area (Å²) in [6.45, 7) is 7.28. The molecule has 0 aliphatic carbocycles. The Morgan fingerprint density at radius 1 is 1.12 bits per heavy atom. The molecule has 0 saturated carbocycles. The Labute approximate surface area is 200 Å². The highest BCUT2D eigenvalue weighted by Gasteiger charge is 2.48. The summed E-state index contributed by atoms with van der Waals surface area (Å²) in [6, 6.07) is 12.6. The van der Waals surface area contributed by atoms with Crippen molar-refractivity contribution >= 4 is 11.9 Å². The Bertz CT molecular complexity index is 1040. The Morgan fingerprint density at radius 3 is 2.41 bits per heavy atom. The molecule has 2 heterocycles. The van der Waals surface area contributed by atoms with Gasteiger partial charge in [0.1, 0.15) is 5.75 Å². The van der Waals surface area contributed by atoms with Gasteiger partial charge in [-0.25, -0.2) is 0 Å². The van der Waals surface area contributed by atoms with Crippen LogP contribution >= 0.6 is 0 Å². The number of hydrogen-bond acceptors (Lipinski definition) is 6. The van der Waals surface area contributed by atoms with Crippen LogP contribution in [0.4, 0.5) is 0 Å². The zero-order valence-electron chi connectivity index (χ0n) is 20.1. The second-order valence-electron chi connectivity index (χ2n) is 9.00. The molecule has 8 nitrogen and oxygen atoms in total. The molecule has 0 bridgehead atoms. The number of carbonyl (C=O) groups excluding carboxylic acids is 1. The first kappa shape index (κ1) is 23.9. The summed E-state index contributed by atoms with van der Waals surface area (Å²) < 4.78 is 16.3. The van der Waals surface area contributed by atoms with Crippen LogP contribution in [0, 0.1) is 5.92 Å². The lowest BCUT2D eigenvalue weighted by Crippen LogP contribution is -2.44. The quantitative estimate of drug-likeness (QED) is 0.634. The van der Waals surface area contributed by atoms with Crippen molar-refractivity contribution < 1.29 is 28.9 Å². The van der Waals surface area contributed by atoms with E-state index >= 15 is 0 Å². The van der Waals surface area contributed by atoms with Gasteiger partial charge in [0.25, 0.3) is 0 Å². The Hall–Kier alpha value is -3.26. The number of nitrogens with zero attached hydrogens (tertiary/aromatic N) is 2. The average molecular weight is 469 g/mol. The Balaban J connectivity index is 1.72. The molecular formula is C26H32N2O6. The van der Waals surface area contributed by atoms with Crippen LogP contribution in [0.15, 0.2) is 42.5 Å². The third-order valence-electron chi connectivity index (χ3n) is 6.79. The fourth-order valence-corrected chi connectivity index (χ4v) is 5.17. The molecule has 2 aliphatic rings. The lowest BCUT2D eigenvalue weighted by Gasteiger charge is -2.31. The van der Waals surface area contributed by atoms with Gasteiger partial charge in [-0.1, -0.05) is 18.2 Å². The third kappa shape index (κ3) is 4.55. The number of carboxylic acids is 1. The van der Waals surface area contributed by atoms with E-state index in [0.29, 0.717) is 30.3 Å². The van der Waals surface area contributed by atoms with Crippen molar-refractivity contribution in [2.24, 2.45) is 5.92 Å². The van der Waals surface area contributed by atoms with E-state index in [1.54, 1.807) is 7.11 Å².